The lowest BCUT2D eigenvalue weighted by Gasteiger charge is -2.26. The Labute approximate surface area is 706 Å². The number of benzene rings is 11. The molecule has 0 radical (unpaired) electrons. The van der Waals surface area contributed by atoms with Crippen LogP contribution < -0.4 is 10.6 Å². The topological polar surface area (TPSA) is 408 Å². The summed E-state index contributed by atoms with van der Waals surface area (Å²) >= 11 is 17.3. The first kappa shape index (κ1) is 99.5. The second-order valence-electron chi connectivity index (χ2n) is 27.4. The molecule has 0 fully saturated rings. The Morgan fingerprint density at radius 1 is 0.492 bits per heavy atom. The van der Waals surface area contributed by atoms with Crippen molar-refractivity contribution in [3.05, 3.63) is 289 Å². The SMILES string of the molecule is CC(C)(C)c1cc(C=O)c(O)c(C(C)(C)C)c1.CCN(CC)c1ccc(C=O)c(O)c1.Cc1ccc(C(C)C)c(C=O)c1O.Nc1ccc(C=O)c(O)c1.O=Cc1c(O)ccc2ccccc12.O=Cc1cc(-c2ccc(F)cc2F)ccc1O.O=Cc1cc(Br)cc(Br)c1O.O=Cc1cc(Cl)cc(Cl)c1O.O=Cc1cc([N+](=O)[O-])ccc1O. The molecule has 0 aliphatic heterocycles. The molecule has 620 valence electrons. The Morgan fingerprint density at radius 2 is 1.02 bits per heavy atom. The van der Waals surface area contributed by atoms with Crippen LogP contribution in [0.25, 0.3) is 21.9 Å². The first-order valence-electron chi connectivity index (χ1n) is 35.3. The molecule has 0 bridgehead atoms. The van der Waals surface area contributed by atoms with Gasteiger partial charge in [-0.3, -0.25) is 53.3 Å². The molecule has 11 N–H and O–H groups in total. The summed E-state index contributed by atoms with van der Waals surface area (Å²) in [4.78, 5) is 106. The van der Waals surface area contributed by atoms with Crippen molar-refractivity contribution in [3.63, 3.8) is 0 Å². The minimum absolute atomic E-state index is 0.0248. The van der Waals surface area contributed by atoms with Crippen LogP contribution >= 0.6 is 55.1 Å². The van der Waals surface area contributed by atoms with Crippen LogP contribution in [0.5, 0.6) is 51.7 Å². The van der Waals surface area contributed by atoms with Gasteiger partial charge >= 0.3 is 0 Å². The number of anilines is 2. The largest absolute Gasteiger partial charge is 0.507 e. The van der Waals surface area contributed by atoms with E-state index in [1.807, 2.05) is 97.0 Å². The standard InChI is InChI=1S/C15H22O2.C13H8F2O2.C11H15NO2.C11H8O2.C11H14O2.C7H4Br2O2.C7H4Cl2O2.C7H5NO4.C7H7NO2/c1-14(2,3)11-7-10(9-16)13(17)12(8-11)15(4,5)6;14-10-2-3-11(12(15)6-10)8-1-4-13(17)9(5-8)7-16;1-3-12(4-2)10-6-5-9(8-13)11(14)7-10;12-7-10-9-4-2-1-3-8(9)5-6-11(10)13;1-7(2)9-5-4-8(3)11(13)10(9)6-12;2*8-5-1-4(3-10)7(11)6(9)2-5;9-4-5-3-6(8(11)12)1-2-7(5)10;8-6-2-1-5(4-9)7(10)3-6/h7-9,17H,1-6H3;1-7,17H;5-8,14H,3-4H2,1-2H3;1-7,13H;4-7,13H,1-3H3;2*1-3,11H;1-4,10H;1-4,10H,8H2. The third-order valence-corrected chi connectivity index (χ3v) is 18.3. The summed E-state index contributed by atoms with van der Waals surface area (Å²) in [7, 11) is 0. The normalized spacial score (nSPS) is 10.3. The van der Waals surface area contributed by atoms with E-state index in [-0.39, 0.29) is 113 Å². The molecule has 11 aromatic rings. The maximum Gasteiger partial charge on any atom is 0.270 e. The maximum absolute atomic E-state index is 13.5. The molecule has 0 spiro atoms. The molecule has 0 aliphatic rings. The van der Waals surface area contributed by atoms with Gasteiger partial charge in [0.1, 0.15) is 63.4 Å². The molecule has 0 aromatic heterocycles. The summed E-state index contributed by atoms with van der Waals surface area (Å²) in [5.41, 5.74) is 12.5. The quantitative estimate of drug-likeness (QED) is 0.0197. The van der Waals surface area contributed by atoms with Crippen LogP contribution in [0.15, 0.2) is 185 Å². The van der Waals surface area contributed by atoms with Crippen LogP contribution in [0.1, 0.15) is 191 Å². The third-order valence-electron chi connectivity index (χ3n) is 16.8. The van der Waals surface area contributed by atoms with Gasteiger partial charge in [0.05, 0.1) is 64.5 Å². The smallest absolute Gasteiger partial charge is 0.270 e. The molecule has 0 saturated heterocycles. The lowest BCUT2D eigenvalue weighted by molar-refractivity contribution is -0.384. The molecular formula is C89H87Br2Cl2F2N3O20. The average molecular weight is 1790 g/mol. The lowest BCUT2D eigenvalue weighted by atomic mass is 9.79. The van der Waals surface area contributed by atoms with Crippen molar-refractivity contribution >= 4 is 139 Å². The van der Waals surface area contributed by atoms with E-state index in [9.17, 15) is 92.7 Å². The minimum atomic E-state index is -0.715. The highest BCUT2D eigenvalue weighted by Crippen LogP contribution is 2.39. The van der Waals surface area contributed by atoms with Crippen LogP contribution in [-0.2, 0) is 10.8 Å². The molecule has 0 saturated carbocycles. The van der Waals surface area contributed by atoms with Crippen LogP contribution in [-0.4, -0.2) is 121 Å². The van der Waals surface area contributed by atoms with Crippen molar-refractivity contribution in [2.75, 3.05) is 23.7 Å². The predicted molar refractivity (Wildman–Crippen MR) is 461 cm³/mol. The predicted octanol–water partition coefficient (Wildman–Crippen LogP) is 21.1. The van der Waals surface area contributed by atoms with E-state index < -0.39 is 16.6 Å². The molecule has 11 aromatic carbocycles. The fourth-order valence-electron chi connectivity index (χ4n) is 10.2. The zero-order valence-electron chi connectivity index (χ0n) is 65.7. The Kier molecular flexibility index (Phi) is 39.9. The van der Waals surface area contributed by atoms with Gasteiger partial charge in [-0.15, -0.1) is 0 Å². The van der Waals surface area contributed by atoms with E-state index in [1.54, 1.807) is 49.4 Å². The monoisotopic (exact) mass is 1780 g/mol. The molecule has 0 aliphatic carbocycles. The van der Waals surface area contributed by atoms with Crippen LogP contribution in [0, 0.1) is 28.7 Å². The number of phenols is 9. The number of aromatic hydroxyl groups is 9. The number of rotatable bonds is 15. The summed E-state index contributed by atoms with van der Waals surface area (Å²) in [6.45, 7) is 24.0. The molecule has 23 nitrogen and oxygen atoms in total. The molecule has 118 heavy (non-hydrogen) atoms. The number of fused-ring (bicyclic) bond motifs is 1. The number of nitrogen functional groups attached to an aromatic ring is 1. The molecule has 29 heteroatoms. The molecule has 0 amide bonds. The van der Waals surface area contributed by atoms with E-state index in [0.29, 0.717) is 87.0 Å². The third kappa shape index (κ3) is 29.5. The van der Waals surface area contributed by atoms with Crippen molar-refractivity contribution in [1.82, 2.24) is 0 Å². The van der Waals surface area contributed by atoms with Crippen molar-refractivity contribution in [2.45, 2.75) is 92.9 Å². The number of hydrogen-bond acceptors (Lipinski definition) is 22. The van der Waals surface area contributed by atoms with Gasteiger partial charge < -0.3 is 56.6 Å². The number of aldehydes is 9. The van der Waals surface area contributed by atoms with Crippen LogP contribution in [0.3, 0.4) is 0 Å². The Hall–Kier alpha value is -12.7. The number of hydrogen-bond donors (Lipinski definition) is 10. The first-order valence-corrected chi connectivity index (χ1v) is 37.6. The molecule has 11 rings (SSSR count). The number of carbonyl (C=O) groups excluding carboxylic acids is 9. The molecule has 0 unspecified atom stereocenters. The van der Waals surface area contributed by atoms with Crippen molar-refractivity contribution in [1.29, 1.82) is 0 Å². The fraction of sp³-hybridized carbons (Fsp3) is 0.180. The Bertz CT molecular complexity index is 5340. The van der Waals surface area contributed by atoms with Gasteiger partial charge in [0.2, 0.25) is 0 Å². The van der Waals surface area contributed by atoms with Gasteiger partial charge in [0.15, 0.2) is 56.6 Å². The number of nitrogens with two attached hydrogens (primary N) is 1. The summed E-state index contributed by atoms with van der Waals surface area (Å²) in [6, 6.07) is 44.2. The highest BCUT2D eigenvalue weighted by Gasteiger charge is 2.25. The van der Waals surface area contributed by atoms with Crippen molar-refractivity contribution in [3.8, 4) is 62.9 Å². The Morgan fingerprint density at radius 3 is 1.53 bits per heavy atom. The summed E-state index contributed by atoms with van der Waals surface area (Å²) in [5, 5.41) is 96.5. The zero-order valence-corrected chi connectivity index (χ0v) is 70.4. The van der Waals surface area contributed by atoms with E-state index in [1.165, 1.54) is 54.6 Å². The summed E-state index contributed by atoms with van der Waals surface area (Å²) < 4.78 is 27.5. The minimum Gasteiger partial charge on any atom is -0.507 e. The van der Waals surface area contributed by atoms with Gasteiger partial charge in [-0.05, 0) is 177 Å². The van der Waals surface area contributed by atoms with E-state index in [0.717, 1.165) is 99.2 Å². The van der Waals surface area contributed by atoms with Crippen LogP contribution in [0.4, 0.5) is 25.8 Å². The second kappa shape index (κ2) is 47.4. The number of aryl methyl sites for hydroxylation is 1. The van der Waals surface area contributed by atoms with Gasteiger partial charge in [-0.2, -0.15) is 0 Å². The highest BCUT2D eigenvalue weighted by atomic mass is 79.9. The first-order chi connectivity index (χ1) is 55.5. The number of nitrogens with zero attached hydrogens (tertiary/aromatic N) is 2. The van der Waals surface area contributed by atoms with Gasteiger partial charge in [-0.25, -0.2) is 8.78 Å². The second-order valence-corrected chi connectivity index (χ2v) is 30.0. The van der Waals surface area contributed by atoms with Crippen LogP contribution in [0.2, 0.25) is 10.0 Å². The number of nitro benzene ring substituents is 1. The lowest BCUT2D eigenvalue weighted by Crippen LogP contribution is -2.21. The fourth-order valence-corrected chi connectivity index (χ4v) is 12.0. The number of non-ortho nitro benzene ring substituents is 1. The van der Waals surface area contributed by atoms with E-state index >= 15 is 0 Å². The van der Waals surface area contributed by atoms with Crippen molar-refractivity contribution < 1.29 is 103 Å². The molecular weight excluding hydrogens is 1700 g/mol. The number of nitro groups is 1. The van der Waals surface area contributed by atoms with Crippen molar-refractivity contribution in [2.24, 2.45) is 0 Å². The maximum atomic E-state index is 13.5. The average Bonchev–Trinajstić information content (AvgIpc) is 0.785. The number of phenolic OH excluding ortho intramolecular Hbond substituents is 9. The summed E-state index contributed by atoms with van der Waals surface area (Å²) in [5.74, 6) is -1.58. The number of carbonyl (C=O) groups is 9. The van der Waals surface area contributed by atoms with Gasteiger partial charge in [-0.1, -0.05) is 149 Å². The number of halogens is 6. The highest BCUT2D eigenvalue weighted by molar-refractivity contribution is 9.11. The zero-order chi connectivity index (χ0) is 89.2. The van der Waals surface area contributed by atoms with E-state index in [4.69, 9.17) is 44.3 Å². The summed E-state index contributed by atoms with van der Waals surface area (Å²) in [6.07, 6.45) is 5.28. The Balaban J connectivity index is 0.000000345. The van der Waals surface area contributed by atoms with Gasteiger partial charge in [0, 0.05) is 75.4 Å². The molecule has 0 heterocycles. The van der Waals surface area contributed by atoms with Gasteiger partial charge in [0.25, 0.3) is 5.69 Å². The van der Waals surface area contributed by atoms with E-state index in [2.05, 4.69) is 57.5 Å². The molecule has 0 atom stereocenters.